The predicted octanol–water partition coefficient (Wildman–Crippen LogP) is 6.37. The summed E-state index contributed by atoms with van der Waals surface area (Å²) in [5, 5.41) is 7.32. The molecule has 162 valence electrons. The molecule has 0 saturated carbocycles. The highest BCUT2D eigenvalue weighted by atomic mass is 32.2. The first-order valence-electron chi connectivity index (χ1n) is 11.2. The Kier molecular flexibility index (Phi) is 4.25. The fourth-order valence-corrected chi connectivity index (χ4v) is 6.72. The molecule has 32 heavy (non-hydrogen) atoms. The Balaban J connectivity index is 1.60. The molecule has 0 spiro atoms. The Morgan fingerprint density at radius 1 is 1.06 bits per heavy atom. The summed E-state index contributed by atoms with van der Waals surface area (Å²) in [7, 11) is 0. The Morgan fingerprint density at radius 2 is 1.84 bits per heavy atom. The van der Waals surface area contributed by atoms with Gasteiger partial charge in [-0.1, -0.05) is 35.9 Å². The lowest BCUT2D eigenvalue weighted by Crippen LogP contribution is -2.47. The van der Waals surface area contributed by atoms with Crippen molar-refractivity contribution in [3.05, 3.63) is 76.5 Å². The Bertz CT molecular complexity index is 1370. The van der Waals surface area contributed by atoms with Gasteiger partial charge in [-0.05, 0) is 63.9 Å². The number of ether oxygens (including phenoxy) is 1. The smallest absolute Gasteiger partial charge is 0.221 e. The van der Waals surface area contributed by atoms with Gasteiger partial charge in [-0.25, -0.2) is 9.67 Å². The lowest BCUT2D eigenvalue weighted by atomic mass is 9.72. The van der Waals surface area contributed by atoms with Gasteiger partial charge in [-0.15, -0.1) is 11.8 Å². The van der Waals surface area contributed by atoms with Crippen LogP contribution < -0.4 is 4.74 Å². The zero-order valence-corrected chi connectivity index (χ0v) is 20.0. The molecule has 0 saturated heterocycles. The maximum atomic E-state index is 6.71. The van der Waals surface area contributed by atoms with Crippen LogP contribution in [0.15, 0.2) is 53.6 Å². The van der Waals surface area contributed by atoms with Gasteiger partial charge >= 0.3 is 0 Å². The second-order valence-electron chi connectivity index (χ2n) is 9.68. The van der Waals surface area contributed by atoms with E-state index in [2.05, 4.69) is 83.1 Å². The second kappa shape index (κ2) is 6.85. The summed E-state index contributed by atoms with van der Waals surface area (Å²) in [5.41, 5.74) is 7.86. The number of nitrogens with zero attached hydrogens (tertiary/aromatic N) is 3. The van der Waals surface area contributed by atoms with E-state index in [-0.39, 0.29) is 11.5 Å². The van der Waals surface area contributed by atoms with Gasteiger partial charge < -0.3 is 4.74 Å². The first-order valence-corrected chi connectivity index (χ1v) is 12.2. The molecule has 0 bridgehead atoms. The molecule has 5 heteroatoms. The molecule has 2 atom stereocenters. The molecule has 0 amide bonds. The van der Waals surface area contributed by atoms with Gasteiger partial charge in [0.2, 0.25) is 5.88 Å². The molecule has 6 rings (SSSR count). The van der Waals surface area contributed by atoms with Crippen LogP contribution in [0.4, 0.5) is 0 Å². The quantitative estimate of drug-likeness (QED) is 0.344. The lowest BCUT2D eigenvalue weighted by Gasteiger charge is -2.46. The van der Waals surface area contributed by atoms with Crippen molar-refractivity contribution in [2.45, 2.75) is 51.2 Å². The summed E-state index contributed by atoms with van der Waals surface area (Å²) >= 11 is 1.87. The van der Waals surface area contributed by atoms with E-state index in [1.165, 1.54) is 27.6 Å². The number of hydrogen-bond donors (Lipinski definition) is 0. The average molecular weight is 442 g/mol. The highest BCUT2D eigenvalue weighted by molar-refractivity contribution is 7.99. The molecule has 0 N–H and O–H groups in total. The van der Waals surface area contributed by atoms with Gasteiger partial charge in [0.15, 0.2) is 0 Å². The lowest BCUT2D eigenvalue weighted by molar-refractivity contribution is 0.0199. The first kappa shape index (κ1) is 19.9. The number of pyridine rings is 1. The van der Waals surface area contributed by atoms with Crippen LogP contribution >= 0.6 is 11.8 Å². The van der Waals surface area contributed by atoms with E-state index >= 15 is 0 Å². The van der Waals surface area contributed by atoms with Crippen LogP contribution in [0.2, 0.25) is 0 Å². The van der Waals surface area contributed by atoms with Gasteiger partial charge in [0, 0.05) is 28.5 Å². The third kappa shape index (κ3) is 2.83. The molecule has 0 aliphatic carbocycles. The SMILES string of the molecule is Cc1ccc(-n2nc(C)c3c2OC(C)(C)C2CSc4nc5c(C)cccc5cc4C32)cc1. The molecule has 2 unspecified atom stereocenters. The minimum Gasteiger partial charge on any atom is -0.471 e. The van der Waals surface area contributed by atoms with Crippen molar-refractivity contribution < 1.29 is 4.74 Å². The summed E-state index contributed by atoms with van der Waals surface area (Å²) in [6.45, 7) is 10.8. The van der Waals surface area contributed by atoms with E-state index in [1.807, 2.05) is 16.4 Å². The number of aromatic nitrogens is 3. The Labute approximate surface area is 193 Å². The first-order chi connectivity index (χ1) is 15.3. The highest BCUT2D eigenvalue weighted by Gasteiger charge is 2.50. The number of aryl methyl sites for hydroxylation is 3. The normalized spacial score (nSPS) is 20.9. The number of para-hydroxylation sites is 1. The van der Waals surface area contributed by atoms with Gasteiger partial charge in [-0.3, -0.25) is 0 Å². The minimum atomic E-state index is -0.307. The van der Waals surface area contributed by atoms with Crippen LogP contribution in [0.1, 0.15) is 47.7 Å². The molecular formula is C27H27N3OS. The molecule has 0 fully saturated rings. The average Bonchev–Trinajstić information content (AvgIpc) is 3.08. The van der Waals surface area contributed by atoms with E-state index in [4.69, 9.17) is 14.8 Å². The number of thioether (sulfide) groups is 1. The summed E-state index contributed by atoms with van der Waals surface area (Å²) < 4.78 is 8.70. The molecule has 2 aliphatic rings. The summed E-state index contributed by atoms with van der Waals surface area (Å²) in [4.78, 5) is 5.13. The van der Waals surface area contributed by atoms with Crippen LogP contribution in [0.5, 0.6) is 5.88 Å². The fourth-order valence-electron chi connectivity index (χ4n) is 5.29. The maximum absolute atomic E-state index is 6.71. The third-order valence-electron chi connectivity index (χ3n) is 7.08. The number of hydrogen-bond acceptors (Lipinski definition) is 4. The van der Waals surface area contributed by atoms with E-state index < -0.39 is 0 Å². The van der Waals surface area contributed by atoms with Crippen LogP contribution in [-0.4, -0.2) is 26.1 Å². The zero-order chi connectivity index (χ0) is 22.2. The predicted molar refractivity (Wildman–Crippen MR) is 130 cm³/mol. The van der Waals surface area contributed by atoms with Crippen molar-refractivity contribution in [3.8, 4) is 11.6 Å². The van der Waals surface area contributed by atoms with Crippen molar-refractivity contribution in [1.29, 1.82) is 0 Å². The van der Waals surface area contributed by atoms with Crippen LogP contribution in [0, 0.1) is 26.7 Å². The van der Waals surface area contributed by atoms with Gasteiger partial charge in [0.1, 0.15) is 10.6 Å². The van der Waals surface area contributed by atoms with Crippen molar-refractivity contribution in [3.63, 3.8) is 0 Å². The number of fused-ring (bicyclic) bond motifs is 6. The minimum absolute atomic E-state index is 0.224. The third-order valence-corrected chi connectivity index (χ3v) is 8.21. The highest BCUT2D eigenvalue weighted by Crippen LogP contribution is 2.55. The van der Waals surface area contributed by atoms with E-state index in [0.717, 1.165) is 33.6 Å². The number of rotatable bonds is 1. The fraction of sp³-hybridized carbons (Fsp3) is 0.333. The van der Waals surface area contributed by atoms with Crippen LogP contribution in [0.25, 0.3) is 16.6 Å². The van der Waals surface area contributed by atoms with E-state index in [0.29, 0.717) is 5.92 Å². The molecule has 2 aromatic heterocycles. The molecule has 2 aliphatic heterocycles. The summed E-state index contributed by atoms with van der Waals surface area (Å²) in [6, 6.07) is 17.3. The van der Waals surface area contributed by atoms with Gasteiger partial charge in [0.05, 0.1) is 16.9 Å². The topological polar surface area (TPSA) is 39.9 Å². The van der Waals surface area contributed by atoms with Crippen molar-refractivity contribution in [1.82, 2.24) is 14.8 Å². The van der Waals surface area contributed by atoms with Crippen molar-refractivity contribution in [2.24, 2.45) is 5.92 Å². The molecular weight excluding hydrogens is 414 g/mol. The Hall–Kier alpha value is -2.79. The van der Waals surface area contributed by atoms with Crippen molar-refractivity contribution in [2.75, 3.05) is 5.75 Å². The summed E-state index contributed by atoms with van der Waals surface area (Å²) in [6.07, 6.45) is 0. The van der Waals surface area contributed by atoms with E-state index in [1.54, 1.807) is 0 Å². The number of benzene rings is 2. The zero-order valence-electron chi connectivity index (χ0n) is 19.1. The summed E-state index contributed by atoms with van der Waals surface area (Å²) in [5.74, 6) is 2.44. The molecule has 4 heterocycles. The van der Waals surface area contributed by atoms with E-state index in [9.17, 15) is 0 Å². The van der Waals surface area contributed by atoms with Crippen LogP contribution in [-0.2, 0) is 0 Å². The Morgan fingerprint density at radius 3 is 2.62 bits per heavy atom. The monoisotopic (exact) mass is 441 g/mol. The molecule has 4 nitrogen and oxygen atoms in total. The van der Waals surface area contributed by atoms with Crippen LogP contribution in [0.3, 0.4) is 0 Å². The van der Waals surface area contributed by atoms with Gasteiger partial charge in [0.25, 0.3) is 0 Å². The maximum Gasteiger partial charge on any atom is 0.221 e. The second-order valence-corrected chi connectivity index (χ2v) is 10.7. The van der Waals surface area contributed by atoms with Crippen molar-refractivity contribution >= 4 is 22.7 Å². The standard InChI is InChI=1S/C27H27N3OS/c1-15-9-11-19(12-10-15)30-26-22(17(3)29-30)23-20-13-18-8-6-7-16(2)24(18)28-25(20)32-14-21(23)27(4,5)31-26/h6-13,21,23H,14H2,1-5H3. The van der Waals surface area contributed by atoms with Gasteiger partial charge in [-0.2, -0.15) is 5.10 Å². The largest absolute Gasteiger partial charge is 0.471 e. The molecule has 0 radical (unpaired) electrons. The molecule has 2 aromatic carbocycles. The molecule has 4 aromatic rings.